The molecule has 3 heterocycles. The number of anilines is 8. The van der Waals surface area contributed by atoms with Gasteiger partial charge in [0.25, 0.3) is 0 Å². The average Bonchev–Trinajstić information content (AvgIpc) is 1.18. The van der Waals surface area contributed by atoms with Crippen LogP contribution in [0.25, 0.3) is 55.3 Å². The lowest BCUT2D eigenvalue weighted by Gasteiger charge is -2.46. The van der Waals surface area contributed by atoms with E-state index in [1.165, 1.54) is 72.1 Å². The first-order chi connectivity index (χ1) is 39.9. The minimum Gasteiger partial charge on any atom is -0.454 e. The molecule has 0 atom stereocenters. The Morgan fingerprint density at radius 3 is 1.58 bits per heavy atom. The van der Waals surface area contributed by atoms with Crippen LogP contribution in [-0.4, -0.2) is 6.85 Å². The molecule has 0 saturated heterocycles. The van der Waals surface area contributed by atoms with Crippen LogP contribution in [0.5, 0.6) is 0 Å². The second-order valence-corrected chi connectivity index (χ2v) is 28.7. The molecule has 84 heavy (non-hydrogen) atoms. The summed E-state index contributed by atoms with van der Waals surface area (Å²) >= 11 is 0. The number of para-hydroxylation sites is 1. The summed E-state index contributed by atoms with van der Waals surface area (Å²) < 4.78 is 7.46. The van der Waals surface area contributed by atoms with Crippen LogP contribution in [0.4, 0.5) is 45.5 Å². The van der Waals surface area contributed by atoms with E-state index in [0.717, 1.165) is 73.0 Å². The molecule has 14 rings (SSSR count). The van der Waals surface area contributed by atoms with Gasteiger partial charge in [-0.15, -0.1) is 0 Å². The van der Waals surface area contributed by atoms with E-state index >= 15 is 0 Å². The van der Waals surface area contributed by atoms with Crippen LogP contribution >= 0.6 is 0 Å². The molecule has 416 valence electrons. The van der Waals surface area contributed by atoms with E-state index in [0.29, 0.717) is 0 Å². The quantitative estimate of drug-likeness (QED) is 0.155. The summed E-state index contributed by atoms with van der Waals surface area (Å²) in [5.74, 6) is 0. The van der Waals surface area contributed by atoms with Gasteiger partial charge in [0.05, 0.1) is 11.4 Å². The van der Waals surface area contributed by atoms with Crippen LogP contribution in [0, 0.1) is 0 Å². The Morgan fingerprint density at radius 2 is 0.952 bits per heavy atom. The van der Waals surface area contributed by atoms with Gasteiger partial charge in [0, 0.05) is 61.4 Å². The van der Waals surface area contributed by atoms with Gasteiger partial charge in [-0.3, -0.25) is 0 Å². The standard InChI is InChI=1S/C79H76BN3O/c1-75(2,3)50-28-35-54(36-29-50)81(55-37-30-51(31-38-55)76(4,5)6)57-41-43-69-62(45-57)63-46-64-59-25-19-21-27-71(59)84-74(64)73-72(63)80(83(69)56-39-32-52(33-40-56)77(7,8)9)67-47-61-58-24-18-20-26-65(58)79(13,14)66(61)48-70(67)82(73)68-42-34-53(78(10,11)12)44-60(68)49-22-16-15-17-23-49/h15-48H,1-14H3. The minimum absolute atomic E-state index is 0.00622. The Kier molecular flexibility index (Phi) is 11.9. The van der Waals surface area contributed by atoms with Crippen molar-refractivity contribution in [1.82, 2.24) is 0 Å². The zero-order chi connectivity index (χ0) is 58.6. The second kappa shape index (κ2) is 18.7. The van der Waals surface area contributed by atoms with Crippen LogP contribution in [-0.2, 0) is 27.1 Å². The normalized spacial score (nSPS) is 14.3. The average molecular weight is 1090 g/mol. The van der Waals surface area contributed by atoms with Crippen LogP contribution in [0.15, 0.2) is 211 Å². The molecule has 0 bridgehead atoms. The molecule has 0 fully saturated rings. The largest absolute Gasteiger partial charge is 0.454 e. The molecule has 4 nitrogen and oxygen atoms in total. The van der Waals surface area contributed by atoms with Gasteiger partial charge in [0.15, 0.2) is 5.58 Å². The first-order valence-corrected chi connectivity index (χ1v) is 30.3. The highest BCUT2D eigenvalue weighted by Gasteiger charge is 2.49. The maximum atomic E-state index is 7.46. The summed E-state index contributed by atoms with van der Waals surface area (Å²) in [5.41, 5.74) is 28.0. The van der Waals surface area contributed by atoms with Gasteiger partial charge in [-0.25, -0.2) is 0 Å². The maximum Gasteiger partial charge on any atom is 0.333 e. The van der Waals surface area contributed by atoms with Gasteiger partial charge < -0.3 is 19.0 Å². The molecule has 10 aromatic carbocycles. The van der Waals surface area contributed by atoms with Crippen molar-refractivity contribution in [3.05, 3.63) is 240 Å². The van der Waals surface area contributed by atoms with E-state index in [4.69, 9.17) is 4.42 Å². The van der Waals surface area contributed by atoms with Gasteiger partial charge in [0.1, 0.15) is 5.58 Å². The Balaban J connectivity index is 1.13. The molecular weight excluding hydrogens is 1020 g/mol. The lowest BCUT2D eigenvalue weighted by molar-refractivity contribution is 0.590. The smallest absolute Gasteiger partial charge is 0.333 e. The Morgan fingerprint density at radius 1 is 0.405 bits per heavy atom. The summed E-state index contributed by atoms with van der Waals surface area (Å²) in [6, 6.07) is 78.8. The summed E-state index contributed by atoms with van der Waals surface area (Å²) in [4.78, 5) is 7.75. The molecule has 1 aliphatic carbocycles. The van der Waals surface area contributed by atoms with E-state index in [1.807, 2.05) is 0 Å². The predicted molar refractivity (Wildman–Crippen MR) is 360 cm³/mol. The number of rotatable bonds is 6. The molecule has 2 aliphatic heterocycles. The van der Waals surface area contributed by atoms with Crippen molar-refractivity contribution in [3.63, 3.8) is 0 Å². The third-order valence-electron chi connectivity index (χ3n) is 18.7. The zero-order valence-corrected chi connectivity index (χ0v) is 51.5. The molecule has 0 spiro atoms. The fourth-order valence-corrected chi connectivity index (χ4v) is 13.9. The Bertz CT molecular complexity index is 4370. The van der Waals surface area contributed by atoms with Crippen molar-refractivity contribution in [1.29, 1.82) is 0 Å². The number of fused-ring (bicyclic) bond motifs is 11. The molecule has 0 amide bonds. The van der Waals surface area contributed by atoms with Crippen molar-refractivity contribution < 1.29 is 4.42 Å². The molecule has 1 aromatic heterocycles. The first kappa shape index (κ1) is 53.5. The van der Waals surface area contributed by atoms with E-state index in [2.05, 4.69) is 318 Å². The van der Waals surface area contributed by atoms with Gasteiger partial charge in [0.2, 0.25) is 0 Å². The van der Waals surface area contributed by atoms with Gasteiger partial charge >= 0.3 is 6.85 Å². The topological polar surface area (TPSA) is 22.9 Å². The number of nitrogens with zero attached hydrogens (tertiary/aromatic N) is 3. The van der Waals surface area contributed by atoms with Crippen molar-refractivity contribution in [2.45, 2.75) is 124 Å². The monoisotopic (exact) mass is 1090 g/mol. The molecule has 5 heteroatoms. The minimum atomic E-state index is -0.265. The van der Waals surface area contributed by atoms with Gasteiger partial charge in [-0.05, 0) is 173 Å². The molecule has 11 aromatic rings. The van der Waals surface area contributed by atoms with Gasteiger partial charge in [-0.2, -0.15) is 0 Å². The van der Waals surface area contributed by atoms with Crippen LogP contribution < -0.4 is 25.5 Å². The Hall–Kier alpha value is -8.54. The maximum absolute atomic E-state index is 7.46. The summed E-state index contributed by atoms with van der Waals surface area (Å²) in [6.45, 7) is 32.2. The molecule has 0 N–H and O–H groups in total. The highest BCUT2D eigenvalue weighted by molar-refractivity contribution is 6.94. The Labute approximate surface area is 498 Å². The highest BCUT2D eigenvalue weighted by atomic mass is 16.3. The lowest BCUT2D eigenvalue weighted by atomic mass is 9.43. The summed E-state index contributed by atoms with van der Waals surface area (Å²) in [6.07, 6.45) is 0. The molecule has 0 radical (unpaired) electrons. The summed E-state index contributed by atoms with van der Waals surface area (Å²) in [7, 11) is 0. The fraction of sp³-hybridized carbons (Fsp3) is 0.241. The zero-order valence-electron chi connectivity index (χ0n) is 51.5. The summed E-state index contributed by atoms with van der Waals surface area (Å²) in [5, 5.41) is 2.20. The molecule has 3 aliphatic rings. The highest BCUT2D eigenvalue weighted by Crippen LogP contribution is 2.57. The van der Waals surface area contributed by atoms with Crippen LogP contribution in [0.3, 0.4) is 0 Å². The molecule has 0 unspecified atom stereocenters. The predicted octanol–water partition coefficient (Wildman–Crippen LogP) is 20.9. The van der Waals surface area contributed by atoms with E-state index in [-0.39, 0.29) is 33.9 Å². The second-order valence-electron chi connectivity index (χ2n) is 28.7. The van der Waals surface area contributed by atoms with E-state index in [9.17, 15) is 0 Å². The molecular formula is C79H76BN3O. The van der Waals surface area contributed by atoms with Crippen molar-refractivity contribution in [2.75, 3.05) is 14.6 Å². The number of hydrogen-bond donors (Lipinski definition) is 0. The van der Waals surface area contributed by atoms with E-state index < -0.39 is 0 Å². The lowest BCUT2D eigenvalue weighted by Crippen LogP contribution is -2.61. The third-order valence-corrected chi connectivity index (χ3v) is 18.7. The third kappa shape index (κ3) is 8.47. The van der Waals surface area contributed by atoms with Crippen molar-refractivity contribution >= 4 is 85.2 Å². The van der Waals surface area contributed by atoms with Gasteiger partial charge in [-0.1, -0.05) is 218 Å². The number of furan rings is 1. The van der Waals surface area contributed by atoms with Crippen molar-refractivity contribution in [3.8, 4) is 33.4 Å². The molecule has 0 saturated carbocycles. The van der Waals surface area contributed by atoms with Crippen LogP contribution in [0.2, 0.25) is 0 Å². The van der Waals surface area contributed by atoms with Crippen molar-refractivity contribution in [2.24, 2.45) is 0 Å². The number of hydrogen-bond acceptors (Lipinski definition) is 4. The van der Waals surface area contributed by atoms with Crippen LogP contribution in [0.1, 0.15) is 130 Å². The van der Waals surface area contributed by atoms with E-state index in [1.54, 1.807) is 0 Å². The first-order valence-electron chi connectivity index (χ1n) is 30.3. The SMILES string of the molecule is CC(C)(C)c1ccc(N2B3c4cc5c(cc4N(c4ccc(C(C)(C)C)cc4-c4ccccc4)c4c3c(cc3c4oc4ccccc43)-c3cc(N(c4ccc(C(C)(C)C)cc4)c4ccc(C(C)(C)C)cc4)ccc32)C(C)(C)c2ccccc2-5)cc1. The fourth-order valence-electron chi connectivity index (χ4n) is 13.9. The number of benzene rings is 10.